The molecule has 2 N–H and O–H groups in total. The summed E-state index contributed by atoms with van der Waals surface area (Å²) in [5.41, 5.74) is 5.22. The first kappa shape index (κ1) is 14.8. The van der Waals surface area contributed by atoms with Gasteiger partial charge in [0, 0.05) is 32.0 Å². The summed E-state index contributed by atoms with van der Waals surface area (Å²) in [6.45, 7) is 5.47. The standard InChI is InChI=1S/C12H24N2O2S/c1-12(2,9-13)11(15)14(5-6-16-3)10-4-7-17-8-10/h10H,4-9,13H2,1-3H3. The first-order valence-corrected chi connectivity index (χ1v) is 7.26. The lowest BCUT2D eigenvalue weighted by molar-refractivity contribution is -0.142. The van der Waals surface area contributed by atoms with Gasteiger partial charge in [0.15, 0.2) is 0 Å². The van der Waals surface area contributed by atoms with Gasteiger partial charge in [-0.3, -0.25) is 4.79 Å². The van der Waals surface area contributed by atoms with Crippen LogP contribution in [0.25, 0.3) is 0 Å². The third-order valence-corrected chi connectivity index (χ3v) is 4.38. The van der Waals surface area contributed by atoms with Crippen molar-refractivity contribution in [3.8, 4) is 0 Å². The number of nitrogens with two attached hydrogens (primary N) is 1. The van der Waals surface area contributed by atoms with Gasteiger partial charge >= 0.3 is 0 Å². The molecular weight excluding hydrogens is 236 g/mol. The summed E-state index contributed by atoms with van der Waals surface area (Å²) >= 11 is 1.91. The highest BCUT2D eigenvalue weighted by Gasteiger charge is 2.35. The highest BCUT2D eigenvalue weighted by molar-refractivity contribution is 7.99. The van der Waals surface area contributed by atoms with Gasteiger partial charge in [-0.15, -0.1) is 0 Å². The molecule has 1 aliphatic heterocycles. The minimum absolute atomic E-state index is 0.157. The first-order valence-electron chi connectivity index (χ1n) is 6.10. The maximum absolute atomic E-state index is 12.5. The number of thioether (sulfide) groups is 1. The molecule has 1 amide bonds. The van der Waals surface area contributed by atoms with Gasteiger partial charge in [-0.25, -0.2) is 0 Å². The molecule has 4 nitrogen and oxygen atoms in total. The van der Waals surface area contributed by atoms with Crippen molar-refractivity contribution in [3.05, 3.63) is 0 Å². The summed E-state index contributed by atoms with van der Waals surface area (Å²) in [7, 11) is 1.67. The number of hydrogen-bond donors (Lipinski definition) is 1. The van der Waals surface area contributed by atoms with Crippen LogP contribution in [0.4, 0.5) is 0 Å². The molecule has 100 valence electrons. The molecule has 1 atom stereocenters. The third kappa shape index (κ3) is 3.86. The van der Waals surface area contributed by atoms with Crippen molar-refractivity contribution in [1.82, 2.24) is 4.90 Å². The molecule has 1 heterocycles. The van der Waals surface area contributed by atoms with Crippen molar-refractivity contribution < 1.29 is 9.53 Å². The van der Waals surface area contributed by atoms with E-state index in [1.807, 2.05) is 30.5 Å². The van der Waals surface area contributed by atoms with E-state index in [2.05, 4.69) is 0 Å². The highest BCUT2D eigenvalue weighted by Crippen LogP contribution is 2.26. The Balaban J connectivity index is 2.70. The number of methoxy groups -OCH3 is 1. The summed E-state index contributed by atoms with van der Waals surface area (Å²) in [6, 6.07) is 0.355. The van der Waals surface area contributed by atoms with Crippen LogP contribution < -0.4 is 5.73 Å². The number of amides is 1. The number of ether oxygens (including phenoxy) is 1. The van der Waals surface area contributed by atoms with E-state index in [-0.39, 0.29) is 5.91 Å². The van der Waals surface area contributed by atoms with Crippen molar-refractivity contribution in [2.24, 2.45) is 11.1 Å². The summed E-state index contributed by atoms with van der Waals surface area (Å²) in [5, 5.41) is 0. The molecule has 1 rings (SSSR count). The van der Waals surface area contributed by atoms with Crippen LogP contribution in [0.2, 0.25) is 0 Å². The molecule has 0 aliphatic carbocycles. The van der Waals surface area contributed by atoms with Crippen LogP contribution in [0.1, 0.15) is 20.3 Å². The van der Waals surface area contributed by atoms with Gasteiger partial charge in [0.25, 0.3) is 0 Å². The molecule has 0 aromatic heterocycles. The van der Waals surface area contributed by atoms with Crippen molar-refractivity contribution >= 4 is 17.7 Å². The molecule has 1 unspecified atom stereocenters. The van der Waals surface area contributed by atoms with E-state index in [0.717, 1.165) is 17.9 Å². The Bertz CT molecular complexity index is 253. The van der Waals surface area contributed by atoms with Gasteiger partial charge < -0.3 is 15.4 Å². The Labute approximate surface area is 108 Å². The Morgan fingerprint density at radius 1 is 1.59 bits per heavy atom. The normalized spacial score (nSPS) is 20.6. The zero-order chi connectivity index (χ0) is 12.9. The monoisotopic (exact) mass is 260 g/mol. The van der Waals surface area contributed by atoms with Gasteiger partial charge in [0.05, 0.1) is 12.0 Å². The van der Waals surface area contributed by atoms with E-state index in [4.69, 9.17) is 10.5 Å². The maximum Gasteiger partial charge on any atom is 0.229 e. The Morgan fingerprint density at radius 2 is 2.29 bits per heavy atom. The lowest BCUT2D eigenvalue weighted by Crippen LogP contribution is -2.50. The molecule has 1 fully saturated rings. The Hall–Kier alpha value is -0.260. The predicted molar refractivity (Wildman–Crippen MR) is 72.2 cm³/mol. The smallest absolute Gasteiger partial charge is 0.229 e. The van der Waals surface area contributed by atoms with Crippen LogP contribution in [0.15, 0.2) is 0 Å². The van der Waals surface area contributed by atoms with Crippen LogP contribution in [0.5, 0.6) is 0 Å². The number of nitrogens with zero attached hydrogens (tertiary/aromatic N) is 1. The van der Waals surface area contributed by atoms with E-state index < -0.39 is 5.41 Å². The number of hydrogen-bond acceptors (Lipinski definition) is 4. The fraction of sp³-hybridized carbons (Fsp3) is 0.917. The molecule has 0 spiro atoms. The zero-order valence-corrected chi connectivity index (χ0v) is 11.9. The molecule has 0 bridgehead atoms. The summed E-state index contributed by atoms with van der Waals surface area (Å²) in [4.78, 5) is 14.4. The molecule has 0 radical (unpaired) electrons. The molecule has 1 saturated heterocycles. The minimum Gasteiger partial charge on any atom is -0.383 e. The van der Waals surface area contributed by atoms with Crippen LogP contribution in [-0.4, -0.2) is 55.2 Å². The largest absolute Gasteiger partial charge is 0.383 e. The topological polar surface area (TPSA) is 55.6 Å². The summed E-state index contributed by atoms with van der Waals surface area (Å²) in [5.74, 6) is 2.34. The molecule has 1 aliphatic rings. The second-order valence-corrected chi connectivity index (χ2v) is 6.25. The lowest BCUT2D eigenvalue weighted by Gasteiger charge is -2.35. The van der Waals surface area contributed by atoms with Gasteiger partial charge in [0.1, 0.15) is 0 Å². The van der Waals surface area contributed by atoms with Gasteiger partial charge in [-0.2, -0.15) is 11.8 Å². The predicted octanol–water partition coefficient (Wildman–Crippen LogP) is 0.952. The van der Waals surface area contributed by atoms with Crippen LogP contribution in [-0.2, 0) is 9.53 Å². The Kier molecular flexibility index (Phi) is 5.76. The van der Waals surface area contributed by atoms with E-state index in [0.29, 0.717) is 25.7 Å². The van der Waals surface area contributed by atoms with E-state index in [9.17, 15) is 4.79 Å². The SMILES string of the molecule is COCCN(C(=O)C(C)(C)CN)C1CCSC1. The lowest BCUT2D eigenvalue weighted by atomic mass is 9.91. The average Bonchev–Trinajstić information content (AvgIpc) is 2.83. The third-order valence-electron chi connectivity index (χ3n) is 3.23. The van der Waals surface area contributed by atoms with Gasteiger partial charge in [0.2, 0.25) is 5.91 Å². The quantitative estimate of drug-likeness (QED) is 0.772. The van der Waals surface area contributed by atoms with Gasteiger partial charge in [-0.1, -0.05) is 0 Å². The van der Waals surface area contributed by atoms with Crippen LogP contribution >= 0.6 is 11.8 Å². The van der Waals surface area contributed by atoms with Crippen molar-refractivity contribution in [3.63, 3.8) is 0 Å². The van der Waals surface area contributed by atoms with Crippen molar-refractivity contribution in [1.29, 1.82) is 0 Å². The molecule has 5 heteroatoms. The van der Waals surface area contributed by atoms with Crippen LogP contribution in [0, 0.1) is 5.41 Å². The molecule has 17 heavy (non-hydrogen) atoms. The highest BCUT2D eigenvalue weighted by atomic mass is 32.2. The zero-order valence-electron chi connectivity index (χ0n) is 11.1. The fourth-order valence-corrected chi connectivity index (χ4v) is 3.11. The minimum atomic E-state index is -0.471. The second kappa shape index (κ2) is 6.61. The first-order chi connectivity index (χ1) is 8.03. The number of carbonyl (C=O) groups is 1. The number of rotatable bonds is 6. The summed E-state index contributed by atoms with van der Waals surface area (Å²) in [6.07, 6.45) is 1.08. The second-order valence-electron chi connectivity index (χ2n) is 5.10. The van der Waals surface area contributed by atoms with Crippen molar-refractivity contribution in [2.45, 2.75) is 26.3 Å². The Morgan fingerprint density at radius 3 is 2.76 bits per heavy atom. The van der Waals surface area contributed by atoms with E-state index in [1.165, 1.54) is 0 Å². The molecular formula is C12H24N2O2S. The average molecular weight is 260 g/mol. The van der Waals surface area contributed by atoms with Gasteiger partial charge in [-0.05, 0) is 26.0 Å². The number of carbonyl (C=O) groups excluding carboxylic acids is 1. The molecule has 0 aromatic rings. The van der Waals surface area contributed by atoms with E-state index >= 15 is 0 Å². The maximum atomic E-state index is 12.5. The van der Waals surface area contributed by atoms with E-state index in [1.54, 1.807) is 7.11 Å². The van der Waals surface area contributed by atoms with Crippen LogP contribution in [0.3, 0.4) is 0 Å². The molecule has 0 aromatic carbocycles. The summed E-state index contributed by atoms with van der Waals surface area (Å²) < 4.78 is 5.10. The van der Waals surface area contributed by atoms with Crippen molar-refractivity contribution in [2.75, 3.05) is 38.3 Å². The fourth-order valence-electron chi connectivity index (χ4n) is 1.88. The molecule has 0 saturated carbocycles.